The second-order valence-corrected chi connectivity index (χ2v) is 3.24. The number of methoxy groups -OCH3 is 1. The van der Waals surface area contributed by atoms with Crippen molar-refractivity contribution in [2.75, 3.05) is 32.1 Å². The van der Waals surface area contributed by atoms with Crippen LogP contribution in [0, 0.1) is 0 Å². The fraction of sp³-hybridized carbons (Fsp3) is 0.455. The molecular weight excluding hydrogens is 176 g/mol. The molecule has 3 heteroatoms. The largest absolute Gasteiger partial charge is 0.495 e. The summed E-state index contributed by atoms with van der Waals surface area (Å²) in [6, 6.07) is 8.00. The van der Waals surface area contributed by atoms with Crippen molar-refractivity contribution in [1.82, 2.24) is 0 Å². The van der Waals surface area contributed by atoms with Gasteiger partial charge in [-0.25, -0.2) is 0 Å². The molecule has 0 aliphatic heterocycles. The van der Waals surface area contributed by atoms with E-state index < -0.39 is 0 Å². The van der Waals surface area contributed by atoms with Crippen molar-refractivity contribution in [3.05, 3.63) is 24.3 Å². The van der Waals surface area contributed by atoms with Gasteiger partial charge in [-0.05, 0) is 25.1 Å². The van der Waals surface area contributed by atoms with E-state index in [0.717, 1.165) is 30.9 Å². The third-order valence-electron chi connectivity index (χ3n) is 2.19. The Morgan fingerprint density at radius 3 is 2.71 bits per heavy atom. The first-order valence-electron chi connectivity index (χ1n) is 4.84. The van der Waals surface area contributed by atoms with E-state index in [4.69, 9.17) is 10.5 Å². The van der Waals surface area contributed by atoms with Gasteiger partial charge in [0.05, 0.1) is 12.8 Å². The zero-order valence-corrected chi connectivity index (χ0v) is 8.86. The third-order valence-corrected chi connectivity index (χ3v) is 2.19. The lowest BCUT2D eigenvalue weighted by molar-refractivity contribution is 0.415. The van der Waals surface area contributed by atoms with Gasteiger partial charge in [0.15, 0.2) is 0 Å². The first-order valence-corrected chi connectivity index (χ1v) is 4.84. The fourth-order valence-electron chi connectivity index (χ4n) is 1.39. The quantitative estimate of drug-likeness (QED) is 0.771. The molecule has 0 aliphatic rings. The van der Waals surface area contributed by atoms with Crippen molar-refractivity contribution in [1.29, 1.82) is 0 Å². The first kappa shape index (κ1) is 10.9. The SMILES string of the molecule is COc1ccccc1N(C)CCCN. The molecule has 3 nitrogen and oxygen atoms in total. The van der Waals surface area contributed by atoms with Gasteiger partial charge in [-0.15, -0.1) is 0 Å². The Bertz CT molecular complexity index is 276. The number of nitrogens with zero attached hydrogens (tertiary/aromatic N) is 1. The third kappa shape index (κ3) is 2.64. The van der Waals surface area contributed by atoms with E-state index in [1.807, 2.05) is 25.2 Å². The van der Waals surface area contributed by atoms with Gasteiger partial charge >= 0.3 is 0 Å². The second kappa shape index (κ2) is 5.50. The molecule has 1 aromatic carbocycles. The van der Waals surface area contributed by atoms with Gasteiger partial charge < -0.3 is 15.4 Å². The highest BCUT2D eigenvalue weighted by molar-refractivity contribution is 5.57. The zero-order valence-electron chi connectivity index (χ0n) is 8.86. The van der Waals surface area contributed by atoms with Crippen molar-refractivity contribution in [3.8, 4) is 5.75 Å². The fourth-order valence-corrected chi connectivity index (χ4v) is 1.39. The van der Waals surface area contributed by atoms with E-state index >= 15 is 0 Å². The molecule has 1 rings (SSSR count). The Labute approximate surface area is 85.5 Å². The van der Waals surface area contributed by atoms with Crippen molar-refractivity contribution in [2.45, 2.75) is 6.42 Å². The molecule has 2 N–H and O–H groups in total. The number of ether oxygens (including phenoxy) is 1. The van der Waals surface area contributed by atoms with E-state index in [-0.39, 0.29) is 0 Å². The summed E-state index contributed by atoms with van der Waals surface area (Å²) in [6.45, 7) is 1.68. The predicted molar refractivity (Wildman–Crippen MR) is 59.9 cm³/mol. The molecule has 0 heterocycles. The number of anilines is 1. The maximum atomic E-state index is 5.47. The molecule has 0 saturated heterocycles. The smallest absolute Gasteiger partial charge is 0.142 e. The first-order chi connectivity index (χ1) is 6.79. The minimum Gasteiger partial charge on any atom is -0.495 e. The van der Waals surface area contributed by atoms with Crippen LogP contribution >= 0.6 is 0 Å². The lowest BCUT2D eigenvalue weighted by atomic mass is 10.2. The van der Waals surface area contributed by atoms with Crippen molar-refractivity contribution in [2.24, 2.45) is 5.73 Å². The van der Waals surface area contributed by atoms with Crippen molar-refractivity contribution >= 4 is 5.69 Å². The van der Waals surface area contributed by atoms with E-state index in [2.05, 4.69) is 11.0 Å². The second-order valence-electron chi connectivity index (χ2n) is 3.24. The summed E-state index contributed by atoms with van der Waals surface area (Å²) in [6.07, 6.45) is 0.995. The van der Waals surface area contributed by atoms with Gasteiger partial charge in [0.2, 0.25) is 0 Å². The molecule has 0 atom stereocenters. The maximum Gasteiger partial charge on any atom is 0.142 e. The monoisotopic (exact) mass is 194 g/mol. The van der Waals surface area contributed by atoms with Gasteiger partial charge in [-0.3, -0.25) is 0 Å². The van der Waals surface area contributed by atoms with Crippen LogP contribution in [0.5, 0.6) is 5.75 Å². The van der Waals surface area contributed by atoms with Crippen LogP contribution in [0.25, 0.3) is 0 Å². The lowest BCUT2D eigenvalue weighted by Crippen LogP contribution is -2.21. The highest BCUT2D eigenvalue weighted by atomic mass is 16.5. The molecule has 1 aromatic rings. The van der Waals surface area contributed by atoms with Crippen LogP contribution in [0.15, 0.2) is 24.3 Å². The Hall–Kier alpha value is -1.22. The summed E-state index contributed by atoms with van der Waals surface area (Å²) >= 11 is 0. The van der Waals surface area contributed by atoms with Crippen LogP contribution in [0.4, 0.5) is 5.69 Å². The standard InChI is InChI=1S/C11H18N2O/c1-13(9-5-8-12)10-6-3-4-7-11(10)14-2/h3-4,6-7H,5,8-9,12H2,1-2H3. The lowest BCUT2D eigenvalue weighted by Gasteiger charge is -2.21. The zero-order chi connectivity index (χ0) is 10.4. The molecule has 0 aliphatic carbocycles. The topological polar surface area (TPSA) is 38.5 Å². The number of benzene rings is 1. The minimum atomic E-state index is 0.722. The highest BCUT2D eigenvalue weighted by Gasteiger charge is 2.05. The highest BCUT2D eigenvalue weighted by Crippen LogP contribution is 2.26. The average Bonchev–Trinajstić information content (AvgIpc) is 2.25. The number of para-hydroxylation sites is 2. The summed E-state index contributed by atoms with van der Waals surface area (Å²) < 4.78 is 5.27. The summed E-state index contributed by atoms with van der Waals surface area (Å²) in [7, 11) is 3.74. The maximum absolute atomic E-state index is 5.47. The molecule has 0 fully saturated rings. The Kier molecular flexibility index (Phi) is 4.26. The van der Waals surface area contributed by atoms with Crippen LogP contribution in [0.1, 0.15) is 6.42 Å². The van der Waals surface area contributed by atoms with Crippen LogP contribution in [0.2, 0.25) is 0 Å². The minimum absolute atomic E-state index is 0.722. The molecule has 14 heavy (non-hydrogen) atoms. The van der Waals surface area contributed by atoms with E-state index in [1.165, 1.54) is 0 Å². The van der Waals surface area contributed by atoms with Crippen LogP contribution < -0.4 is 15.4 Å². The van der Waals surface area contributed by atoms with E-state index in [0.29, 0.717) is 0 Å². The van der Waals surface area contributed by atoms with Crippen molar-refractivity contribution in [3.63, 3.8) is 0 Å². The Morgan fingerprint density at radius 1 is 1.36 bits per heavy atom. The molecule has 0 aromatic heterocycles. The summed E-state index contributed by atoms with van der Waals surface area (Å²) in [5, 5.41) is 0. The number of hydrogen-bond acceptors (Lipinski definition) is 3. The van der Waals surface area contributed by atoms with Crippen LogP contribution in [0.3, 0.4) is 0 Å². The van der Waals surface area contributed by atoms with Gasteiger partial charge in [0.25, 0.3) is 0 Å². The van der Waals surface area contributed by atoms with E-state index in [1.54, 1.807) is 7.11 Å². The molecule has 0 radical (unpaired) electrons. The number of nitrogens with two attached hydrogens (primary N) is 1. The van der Waals surface area contributed by atoms with Gasteiger partial charge in [0, 0.05) is 13.6 Å². The van der Waals surface area contributed by atoms with Crippen LogP contribution in [-0.4, -0.2) is 27.2 Å². The van der Waals surface area contributed by atoms with Gasteiger partial charge in [0.1, 0.15) is 5.75 Å². The number of hydrogen-bond donors (Lipinski definition) is 1. The van der Waals surface area contributed by atoms with Crippen LogP contribution in [-0.2, 0) is 0 Å². The van der Waals surface area contributed by atoms with Crippen molar-refractivity contribution < 1.29 is 4.74 Å². The van der Waals surface area contributed by atoms with Gasteiger partial charge in [-0.2, -0.15) is 0 Å². The summed E-state index contributed by atoms with van der Waals surface area (Å²) in [4.78, 5) is 2.16. The molecule has 78 valence electrons. The van der Waals surface area contributed by atoms with Gasteiger partial charge in [-0.1, -0.05) is 12.1 Å². The molecule has 0 amide bonds. The van der Waals surface area contributed by atoms with E-state index in [9.17, 15) is 0 Å². The predicted octanol–water partition coefficient (Wildman–Crippen LogP) is 1.48. The Morgan fingerprint density at radius 2 is 2.07 bits per heavy atom. The normalized spacial score (nSPS) is 9.93. The summed E-state index contributed by atoms with van der Waals surface area (Å²) in [5.74, 6) is 0.909. The Balaban J connectivity index is 2.72. The molecule has 0 saturated carbocycles. The average molecular weight is 194 g/mol. The molecule has 0 bridgehead atoms. The molecule has 0 spiro atoms. The molecular formula is C11H18N2O. The number of rotatable bonds is 5. The summed E-state index contributed by atoms with van der Waals surface area (Å²) in [5.41, 5.74) is 6.58. The molecule has 0 unspecified atom stereocenters.